The summed E-state index contributed by atoms with van der Waals surface area (Å²) in [5.74, 6) is 1.42. The van der Waals surface area contributed by atoms with Crippen LogP contribution in [0.25, 0.3) is 0 Å². The minimum Gasteiger partial charge on any atom is -0.490 e. The Hall–Kier alpha value is -1.88. The first-order valence-electron chi connectivity index (χ1n) is 17.5. The van der Waals surface area contributed by atoms with Gasteiger partial charge in [0.15, 0.2) is 6.29 Å². The number of nitrogens with one attached hydrogen (secondary N) is 1. The fourth-order valence-electron chi connectivity index (χ4n) is 7.67. The molecule has 7 nitrogen and oxygen atoms in total. The molecule has 5 atom stereocenters. The maximum absolute atomic E-state index is 13.9. The van der Waals surface area contributed by atoms with Crippen LogP contribution >= 0.6 is 11.6 Å². The number of hydrogen-bond acceptors (Lipinski definition) is 6. The van der Waals surface area contributed by atoms with Gasteiger partial charge >= 0.3 is 0 Å². The first-order valence-corrected chi connectivity index (χ1v) is 22.3. The summed E-state index contributed by atoms with van der Waals surface area (Å²) in [6.07, 6.45) is 10.0. The third-order valence-electron chi connectivity index (χ3n) is 11.6. The fourth-order valence-corrected chi connectivity index (χ4v) is 12.8. The van der Waals surface area contributed by atoms with E-state index >= 15 is 0 Å². The zero-order valence-electron chi connectivity index (χ0n) is 28.8. The molecule has 1 N–H and O–H groups in total. The maximum Gasteiger partial charge on any atom is 0.234 e. The topological polar surface area (TPSA) is 77.1 Å². The first-order chi connectivity index (χ1) is 22.2. The van der Waals surface area contributed by atoms with Gasteiger partial charge in [-0.1, -0.05) is 57.6 Å². The Labute approximate surface area is 288 Å². The number of anilines is 1. The summed E-state index contributed by atoms with van der Waals surface area (Å²) in [6.45, 7) is 17.4. The predicted molar refractivity (Wildman–Crippen MR) is 193 cm³/mol. The number of nitrogens with zero attached hydrogens (tertiary/aromatic N) is 1. The van der Waals surface area contributed by atoms with Crippen LogP contribution in [-0.2, 0) is 31.3 Å². The van der Waals surface area contributed by atoms with Gasteiger partial charge in [-0.2, -0.15) is 0 Å². The highest BCUT2D eigenvalue weighted by Gasteiger charge is 2.45. The molecule has 6 rings (SSSR count). The van der Waals surface area contributed by atoms with Crippen molar-refractivity contribution in [1.29, 1.82) is 0 Å². The normalized spacial score (nSPS) is 27.2. The molecule has 1 spiro atoms. The molecule has 0 radical (unpaired) electrons. The van der Waals surface area contributed by atoms with E-state index in [1.54, 1.807) is 6.07 Å². The zero-order chi connectivity index (χ0) is 33.6. The summed E-state index contributed by atoms with van der Waals surface area (Å²) >= 11 is 6.47. The molecule has 2 aromatic carbocycles. The number of sulfonamides is 1. The molecule has 2 unspecified atom stereocenters. The Balaban J connectivity index is 1.34. The lowest BCUT2D eigenvalue weighted by Gasteiger charge is -2.46. The number of rotatable bonds is 9. The van der Waals surface area contributed by atoms with E-state index in [1.165, 1.54) is 11.1 Å². The monoisotopic (exact) mass is 700 g/mol. The zero-order valence-corrected chi connectivity index (χ0v) is 31.4. The average Bonchev–Trinajstić information content (AvgIpc) is 3.15. The second-order valence-electron chi connectivity index (χ2n) is 15.8. The fraction of sp³-hybridized carbons (Fsp3) is 0.622. The summed E-state index contributed by atoms with van der Waals surface area (Å²) in [6, 6.07) is 11.7. The van der Waals surface area contributed by atoms with E-state index in [2.05, 4.69) is 61.9 Å². The highest BCUT2D eigenvalue weighted by molar-refractivity contribution is 7.91. The Morgan fingerprint density at radius 2 is 1.96 bits per heavy atom. The number of fused-ring (bicyclic) bond motifs is 3. The summed E-state index contributed by atoms with van der Waals surface area (Å²) < 4.78 is 50.1. The number of ether oxygens (including phenoxy) is 3. The Morgan fingerprint density at radius 1 is 1.15 bits per heavy atom. The van der Waals surface area contributed by atoms with Gasteiger partial charge < -0.3 is 19.1 Å². The van der Waals surface area contributed by atoms with Crippen LogP contribution < -0.4 is 14.0 Å². The molecule has 1 saturated heterocycles. The lowest BCUT2D eigenvalue weighted by molar-refractivity contribution is -0.197. The number of halogens is 1. The van der Waals surface area contributed by atoms with Crippen LogP contribution in [0.3, 0.4) is 0 Å². The van der Waals surface area contributed by atoms with Crippen LogP contribution in [0, 0.1) is 11.8 Å². The van der Waals surface area contributed by atoms with Crippen molar-refractivity contribution >= 4 is 35.5 Å². The van der Waals surface area contributed by atoms with Gasteiger partial charge in [-0.3, -0.25) is 0 Å². The van der Waals surface area contributed by atoms with Gasteiger partial charge in [0.1, 0.15) is 14.0 Å². The van der Waals surface area contributed by atoms with Crippen molar-refractivity contribution in [3.05, 3.63) is 65.2 Å². The predicted octanol–water partition coefficient (Wildman–Crippen LogP) is 8.22. The van der Waals surface area contributed by atoms with Gasteiger partial charge in [0.2, 0.25) is 10.0 Å². The van der Waals surface area contributed by atoms with E-state index in [-0.39, 0.29) is 27.7 Å². The smallest absolute Gasteiger partial charge is 0.234 e. The molecular weight excluding hydrogens is 648 g/mol. The summed E-state index contributed by atoms with van der Waals surface area (Å²) in [5, 5.41) is 0.616. The van der Waals surface area contributed by atoms with Crippen LogP contribution in [0.4, 0.5) is 5.69 Å². The summed E-state index contributed by atoms with van der Waals surface area (Å²) in [5.41, 5.74) is 3.19. The molecule has 0 amide bonds. The summed E-state index contributed by atoms with van der Waals surface area (Å²) in [4.78, 5) is 2.71. The van der Waals surface area contributed by atoms with Crippen molar-refractivity contribution < 1.29 is 22.6 Å². The Morgan fingerprint density at radius 3 is 2.64 bits per heavy atom. The van der Waals surface area contributed by atoms with E-state index in [0.29, 0.717) is 18.4 Å². The maximum atomic E-state index is 13.9. The van der Waals surface area contributed by atoms with Crippen LogP contribution in [0.15, 0.2) is 53.9 Å². The SMILES string of the molecule is C=C[C@H](OC1CCCCO1)[C@@H]1CC[C@H]1CN1CC2(CCCc3cc(Cl)ccc32)COc2ccc(S(=O)(=O)N[Si](C)(C)C(C)(C)C)cc21. The molecule has 10 heteroatoms. The number of aryl methyl sites for hydroxylation is 1. The third kappa shape index (κ3) is 7.22. The van der Waals surface area contributed by atoms with Gasteiger partial charge in [-0.05, 0) is 110 Å². The third-order valence-corrected chi connectivity index (χ3v) is 19.6. The van der Waals surface area contributed by atoms with E-state index in [1.807, 2.05) is 24.3 Å². The largest absolute Gasteiger partial charge is 0.490 e. The molecule has 0 aromatic heterocycles. The lowest BCUT2D eigenvalue weighted by Crippen LogP contribution is -2.54. The van der Waals surface area contributed by atoms with E-state index < -0.39 is 18.3 Å². The molecule has 2 aliphatic heterocycles. The molecule has 2 fully saturated rings. The minimum absolute atomic E-state index is 0.0773. The molecule has 258 valence electrons. The Kier molecular flexibility index (Phi) is 10.00. The first kappa shape index (κ1) is 35.0. The summed E-state index contributed by atoms with van der Waals surface area (Å²) in [7, 11) is -6.11. The average molecular weight is 701 g/mol. The number of benzene rings is 2. The molecule has 2 aliphatic carbocycles. The van der Waals surface area contributed by atoms with Crippen molar-refractivity contribution in [3.8, 4) is 5.75 Å². The second-order valence-corrected chi connectivity index (χ2v) is 23.3. The quantitative estimate of drug-likeness (QED) is 0.210. The molecule has 0 bridgehead atoms. The molecule has 1 saturated carbocycles. The van der Waals surface area contributed by atoms with Gasteiger partial charge in [0.25, 0.3) is 0 Å². The standard InChI is InChI=1S/C37H53ClN2O5SSi/c1-7-33(45-35-12-8-9-20-43-35)30-16-13-27(30)23-40-24-37(19-10-11-26-21-28(38)14-17-31(26)37)25-44-34-18-15-29(22-32(34)40)46(41,42)39-47(5,6)36(2,3)4/h7,14-15,17-18,21-22,27,30,33,35,39H,1,8-13,16,19-20,23-25H2,2-6H3/t27-,30+,33-,35?,37?/m0/s1. The lowest BCUT2D eigenvalue weighted by atomic mass is 9.68. The van der Waals surface area contributed by atoms with Crippen molar-refractivity contribution in [2.24, 2.45) is 11.8 Å². The molecule has 4 aliphatic rings. The van der Waals surface area contributed by atoms with Crippen LogP contribution in [0.1, 0.15) is 76.8 Å². The van der Waals surface area contributed by atoms with Gasteiger partial charge in [-0.25, -0.2) is 12.8 Å². The van der Waals surface area contributed by atoms with E-state index in [4.69, 9.17) is 25.8 Å². The molecule has 2 aromatic rings. The molecule has 47 heavy (non-hydrogen) atoms. The molecule has 2 heterocycles. The van der Waals surface area contributed by atoms with Crippen molar-refractivity contribution in [1.82, 2.24) is 4.39 Å². The second kappa shape index (κ2) is 13.4. The van der Waals surface area contributed by atoms with Crippen molar-refractivity contribution in [3.63, 3.8) is 0 Å². The Bertz CT molecular complexity index is 1570. The number of hydrogen-bond donors (Lipinski definition) is 1. The van der Waals surface area contributed by atoms with Crippen molar-refractivity contribution in [2.45, 2.75) is 113 Å². The van der Waals surface area contributed by atoms with Crippen LogP contribution in [0.5, 0.6) is 5.75 Å². The van der Waals surface area contributed by atoms with E-state index in [0.717, 1.165) is 87.5 Å². The van der Waals surface area contributed by atoms with Gasteiger partial charge in [0, 0.05) is 30.1 Å². The minimum atomic E-state index is -3.75. The van der Waals surface area contributed by atoms with E-state index in [9.17, 15) is 8.42 Å². The highest BCUT2D eigenvalue weighted by atomic mass is 35.5. The van der Waals surface area contributed by atoms with Crippen molar-refractivity contribution in [2.75, 3.05) is 31.2 Å². The van der Waals surface area contributed by atoms with Crippen LogP contribution in [0.2, 0.25) is 23.2 Å². The van der Waals surface area contributed by atoms with Gasteiger partial charge in [-0.15, -0.1) is 6.58 Å². The molecular formula is C37H53ClN2O5SSi. The van der Waals surface area contributed by atoms with Crippen LogP contribution in [-0.4, -0.2) is 55.4 Å². The highest BCUT2D eigenvalue weighted by Crippen LogP contribution is 2.47. The van der Waals surface area contributed by atoms with Gasteiger partial charge in [0.05, 0.1) is 23.3 Å².